The number of unbranched alkanes of at least 4 members (excludes halogenated alkanes) is 4. The third-order valence-corrected chi connectivity index (χ3v) is 17.9. The number of hydrogen-bond donors (Lipinski definition) is 2. The molecule has 1 aromatic heterocycles. The SMILES string of the molecule is CC.CC.CCC.CCCCCCC.CNC(C(=O)N1CCC2(CCN(CC(=O)N3CCN(C(=O)c4cc(Cc5n[nH]c(=O)c6ccccc56)ccc4F)CC3)CC2)CC1)C1CCCCC1.O=Cc1cccc(C2CCCN(C(=O)C3CC3)C2)c1F.P. The number of piperidine rings is 3. The standard InChI is InChI=1S/C40H52FN7O4.C16H18FNO2.C7H16.C3H8.2C2H6.H3P/c1-42-36(29-7-3-2-4-8-29)39(52)47-19-15-40(16-20-47)13-17-45(18-14-40)27-35(49)46-21-23-48(24-22-46)38(51)32-25-28(11-12-33(32)41)26-34-30-9-5-6-10-31(30)37(50)44-43-34;17-15-13(10-19)3-1-5-14(15)12-4-2-8-18(9-12)16(20)11-6-7-11;1-3-5-7-6-4-2;1-3-2;2*1-2;/h5-6,9-12,25,29,36,42H,2-4,7-8,13-24,26-27H2,1H3,(H,44,50);1,3,5,10-12H,2,4,6-9H2;3-7H2,1-2H3;3H2,1-2H3;2*1-2H3;1H3. The Morgan fingerprint density at radius 2 is 1.31 bits per heavy atom. The minimum absolute atomic E-state index is 0. The number of carbonyl (C=O) groups excluding carboxylic acids is 5. The predicted octanol–water partition coefficient (Wildman–Crippen LogP) is 13.1. The number of aromatic nitrogens is 2. The molecule has 14 nitrogen and oxygen atoms in total. The average molecular weight is 1230 g/mol. The lowest BCUT2D eigenvalue weighted by atomic mass is 9.71. The number of rotatable bonds is 15. The van der Waals surface area contributed by atoms with Crippen molar-refractivity contribution in [3.8, 4) is 0 Å². The van der Waals surface area contributed by atoms with Crippen molar-refractivity contribution < 1.29 is 32.8 Å². The maximum absolute atomic E-state index is 15.0. The van der Waals surface area contributed by atoms with Gasteiger partial charge in [0, 0.05) is 76.0 Å². The first-order valence-electron chi connectivity index (χ1n) is 33.3. The van der Waals surface area contributed by atoms with E-state index in [4.69, 9.17) is 0 Å². The molecule has 2 saturated carbocycles. The second-order valence-electron chi connectivity index (χ2n) is 24.0. The van der Waals surface area contributed by atoms with Crippen molar-refractivity contribution in [1.29, 1.82) is 0 Å². The summed E-state index contributed by atoms with van der Waals surface area (Å²) in [4.78, 5) is 85.1. The smallest absolute Gasteiger partial charge is 0.272 e. The topological polar surface area (TPSA) is 159 Å². The van der Waals surface area contributed by atoms with Crippen LogP contribution in [0.3, 0.4) is 0 Å². The summed E-state index contributed by atoms with van der Waals surface area (Å²) < 4.78 is 29.2. The molecule has 2 aliphatic carbocycles. The molecule has 5 heterocycles. The number of piperazine rings is 1. The number of aldehydes is 1. The third-order valence-electron chi connectivity index (χ3n) is 17.9. The fraction of sp³-hybridized carbons (Fsp3) is 0.643. The number of halogens is 2. The number of likely N-dealkylation sites (N-methyl/N-ethyl adjacent to an activating group) is 1. The molecule has 3 unspecified atom stereocenters. The Morgan fingerprint density at radius 3 is 1.91 bits per heavy atom. The number of amides is 4. The lowest BCUT2D eigenvalue weighted by Crippen LogP contribution is -2.55. The largest absolute Gasteiger partial charge is 0.342 e. The highest BCUT2D eigenvalue weighted by atomic mass is 31.0. The first-order valence-corrected chi connectivity index (χ1v) is 33.3. The molecule has 1 spiro atoms. The first-order chi connectivity index (χ1) is 41.8. The number of likely N-dealkylation sites (tertiary alicyclic amines) is 3. The quantitative estimate of drug-likeness (QED) is 0.0671. The number of benzene rings is 3. The van der Waals surface area contributed by atoms with Gasteiger partial charge < -0.3 is 24.9 Å². The van der Waals surface area contributed by atoms with Crippen LogP contribution in [0.2, 0.25) is 0 Å². The third kappa shape index (κ3) is 21.4. The number of carbonyl (C=O) groups is 5. The lowest BCUT2D eigenvalue weighted by Gasteiger charge is -2.47. The highest BCUT2D eigenvalue weighted by Gasteiger charge is 2.42. The van der Waals surface area contributed by atoms with Crippen LogP contribution < -0.4 is 10.9 Å². The first kappa shape index (κ1) is 74.0. The number of nitrogens with zero attached hydrogens (tertiary/aromatic N) is 6. The number of H-pyrrole nitrogens is 1. The summed E-state index contributed by atoms with van der Waals surface area (Å²) in [5.41, 5.74) is 2.00. The second-order valence-corrected chi connectivity index (χ2v) is 24.0. The van der Waals surface area contributed by atoms with E-state index in [-0.39, 0.29) is 67.6 Å². The minimum atomic E-state index is -0.590. The zero-order chi connectivity index (χ0) is 62.6. The summed E-state index contributed by atoms with van der Waals surface area (Å²) >= 11 is 0. The number of aromatic amines is 1. The van der Waals surface area contributed by atoms with Crippen molar-refractivity contribution in [2.75, 3.05) is 79.0 Å². The Kier molecular flexibility index (Phi) is 33.1. The van der Waals surface area contributed by atoms with Crippen LogP contribution in [0.5, 0.6) is 0 Å². The zero-order valence-corrected chi connectivity index (χ0v) is 56.1. The molecule has 6 fully saturated rings. The molecule has 17 heteroatoms. The van der Waals surface area contributed by atoms with Crippen LogP contribution in [0.25, 0.3) is 10.8 Å². The van der Waals surface area contributed by atoms with E-state index >= 15 is 0 Å². The summed E-state index contributed by atoms with van der Waals surface area (Å²) in [7, 11) is 1.93. The predicted molar refractivity (Wildman–Crippen MR) is 355 cm³/mol. The number of fused-ring (bicyclic) bond motifs is 1. The molecule has 10 rings (SSSR count). The molecule has 4 aromatic rings. The van der Waals surface area contributed by atoms with Gasteiger partial charge in [0.25, 0.3) is 11.5 Å². The van der Waals surface area contributed by atoms with Crippen molar-refractivity contribution in [1.82, 2.24) is 40.0 Å². The summed E-state index contributed by atoms with van der Waals surface area (Å²) in [6, 6.07) is 16.6. The Balaban J connectivity index is 0.000000379. The zero-order valence-electron chi connectivity index (χ0n) is 54.7. The molecule has 0 bridgehead atoms. The molecule has 2 N–H and O–H groups in total. The van der Waals surface area contributed by atoms with Crippen LogP contribution in [0.1, 0.15) is 221 Å². The van der Waals surface area contributed by atoms with Crippen molar-refractivity contribution in [3.63, 3.8) is 0 Å². The van der Waals surface area contributed by atoms with Crippen LogP contribution in [0, 0.1) is 28.9 Å². The van der Waals surface area contributed by atoms with Gasteiger partial charge >= 0.3 is 0 Å². The normalized spacial score (nSPS) is 18.7. The van der Waals surface area contributed by atoms with E-state index in [0.717, 1.165) is 102 Å². The number of nitrogens with one attached hydrogen (secondary N) is 2. The molecule has 0 radical (unpaired) electrons. The van der Waals surface area contributed by atoms with Gasteiger partial charge in [0.05, 0.1) is 34.8 Å². The summed E-state index contributed by atoms with van der Waals surface area (Å²) in [5, 5.41) is 11.3. The van der Waals surface area contributed by atoms with E-state index in [2.05, 4.69) is 53.0 Å². The van der Waals surface area contributed by atoms with Gasteiger partial charge in [0.1, 0.15) is 11.6 Å². The van der Waals surface area contributed by atoms with Gasteiger partial charge in [-0.15, -0.1) is 0 Å². The van der Waals surface area contributed by atoms with Crippen molar-refractivity contribution in [3.05, 3.63) is 111 Å². The Morgan fingerprint density at radius 1 is 0.701 bits per heavy atom. The fourth-order valence-electron chi connectivity index (χ4n) is 12.7. The second kappa shape index (κ2) is 38.9. The lowest BCUT2D eigenvalue weighted by molar-refractivity contribution is -0.139. The van der Waals surface area contributed by atoms with E-state index in [1.165, 1.54) is 69.9 Å². The molecule has 87 heavy (non-hydrogen) atoms. The van der Waals surface area contributed by atoms with E-state index in [1.54, 1.807) is 41.3 Å². The molecular weight excluding hydrogens is 1120 g/mol. The average Bonchev–Trinajstić information content (AvgIpc) is 2.29. The molecule has 6 aliphatic rings. The van der Waals surface area contributed by atoms with Gasteiger partial charge in [-0.1, -0.05) is 150 Å². The van der Waals surface area contributed by atoms with Gasteiger partial charge in [0.15, 0.2) is 6.29 Å². The molecule has 484 valence electrons. The monoisotopic (exact) mass is 1230 g/mol. The highest BCUT2D eigenvalue weighted by Crippen LogP contribution is 2.42. The highest BCUT2D eigenvalue weighted by molar-refractivity contribution is 6.92. The summed E-state index contributed by atoms with van der Waals surface area (Å²) in [5.74, 6) is -0.170. The van der Waals surface area contributed by atoms with Crippen LogP contribution >= 0.6 is 9.90 Å². The Hall–Kier alpha value is -5.44. The van der Waals surface area contributed by atoms with Gasteiger partial charge in [0.2, 0.25) is 17.7 Å². The van der Waals surface area contributed by atoms with Crippen molar-refractivity contribution >= 4 is 50.6 Å². The van der Waals surface area contributed by atoms with Crippen molar-refractivity contribution in [2.24, 2.45) is 17.3 Å². The van der Waals surface area contributed by atoms with Gasteiger partial charge in [-0.25, -0.2) is 13.9 Å². The van der Waals surface area contributed by atoms with Crippen LogP contribution in [-0.2, 0) is 20.8 Å². The van der Waals surface area contributed by atoms with E-state index < -0.39 is 17.5 Å². The van der Waals surface area contributed by atoms with E-state index in [0.29, 0.717) is 80.1 Å². The van der Waals surface area contributed by atoms with Gasteiger partial charge in [-0.05, 0) is 131 Å². The number of hydrogen-bond acceptors (Lipinski definition) is 9. The van der Waals surface area contributed by atoms with Crippen LogP contribution in [-0.4, -0.2) is 150 Å². The Bertz CT molecular complexity index is 2780. The van der Waals surface area contributed by atoms with Crippen LogP contribution in [0.4, 0.5) is 8.78 Å². The summed E-state index contributed by atoms with van der Waals surface area (Å²) in [6.07, 6.45) is 23.1. The van der Waals surface area contributed by atoms with Gasteiger partial charge in [-0.3, -0.25) is 33.7 Å². The molecule has 4 amide bonds. The van der Waals surface area contributed by atoms with E-state index in [9.17, 15) is 37.5 Å². The van der Waals surface area contributed by atoms with Crippen LogP contribution in [0.15, 0.2) is 65.5 Å². The summed E-state index contributed by atoms with van der Waals surface area (Å²) in [6.45, 7) is 23.4. The molecular formula is C70H109F2N8O6P. The minimum Gasteiger partial charge on any atom is -0.342 e. The molecule has 4 saturated heterocycles. The Labute approximate surface area is 523 Å². The van der Waals surface area contributed by atoms with Crippen molar-refractivity contribution in [2.45, 2.75) is 196 Å². The van der Waals surface area contributed by atoms with Gasteiger partial charge in [-0.2, -0.15) is 15.0 Å². The molecule has 3 atom stereocenters. The maximum atomic E-state index is 15.0. The molecule has 3 aromatic carbocycles. The maximum Gasteiger partial charge on any atom is 0.272 e. The van der Waals surface area contributed by atoms with E-state index in [1.807, 2.05) is 56.7 Å². The fourth-order valence-corrected chi connectivity index (χ4v) is 12.7. The molecule has 4 aliphatic heterocycles.